The minimum absolute atomic E-state index is 0.00783. The normalized spacial score (nSPS) is 26.4. The highest BCUT2D eigenvalue weighted by Gasteiger charge is 2.50. The van der Waals surface area contributed by atoms with Crippen LogP contribution in [-0.2, 0) is 11.3 Å². The second-order valence-electron chi connectivity index (χ2n) is 6.66. The molecule has 2 aromatic heterocycles. The van der Waals surface area contributed by atoms with Gasteiger partial charge in [0.05, 0.1) is 18.7 Å². The van der Waals surface area contributed by atoms with E-state index in [0.29, 0.717) is 24.8 Å². The fourth-order valence-electron chi connectivity index (χ4n) is 3.73. The molecule has 0 aromatic carbocycles. The first kappa shape index (κ1) is 15.7. The molecule has 1 N–H and O–H groups in total. The number of likely N-dealkylation sites (tertiary alicyclic amines) is 1. The van der Waals surface area contributed by atoms with E-state index in [1.165, 1.54) is 16.9 Å². The van der Waals surface area contributed by atoms with Crippen molar-refractivity contribution in [2.75, 3.05) is 32.8 Å². The summed E-state index contributed by atoms with van der Waals surface area (Å²) in [4.78, 5) is 22.9. The van der Waals surface area contributed by atoms with Crippen molar-refractivity contribution in [2.45, 2.75) is 6.54 Å². The number of amides is 1. The van der Waals surface area contributed by atoms with Crippen LogP contribution >= 0.6 is 11.3 Å². The lowest BCUT2D eigenvalue weighted by molar-refractivity contribution is 0.0900. The first-order chi connectivity index (χ1) is 11.8. The molecule has 126 valence electrons. The lowest BCUT2D eigenvalue weighted by Crippen LogP contribution is -2.43. The van der Waals surface area contributed by atoms with Crippen molar-refractivity contribution < 1.29 is 9.53 Å². The first-order valence-corrected chi connectivity index (χ1v) is 9.05. The van der Waals surface area contributed by atoms with Gasteiger partial charge in [-0.2, -0.15) is 0 Å². The summed E-state index contributed by atoms with van der Waals surface area (Å²) < 4.78 is 5.73. The number of pyridine rings is 1. The van der Waals surface area contributed by atoms with Crippen LogP contribution in [-0.4, -0.2) is 53.6 Å². The van der Waals surface area contributed by atoms with E-state index in [0.717, 1.165) is 26.2 Å². The minimum atomic E-state index is -0.0954. The predicted octanol–water partition coefficient (Wildman–Crippen LogP) is 1.42. The maximum atomic E-state index is 12.2. The standard InChI is InChI=1S/C17H20N4O2S/c22-16(15-8-24-12-20-15)19-9-17-10-21(6-14(17)7-23-11-17)5-13-2-1-3-18-4-13/h1-4,8,12,14H,5-7,9-11H2,(H,19,22)/t14-,17+/m1/s1. The van der Waals surface area contributed by atoms with Gasteiger partial charge in [0.1, 0.15) is 5.69 Å². The maximum Gasteiger partial charge on any atom is 0.270 e. The molecule has 4 rings (SSSR count). The number of aromatic nitrogens is 2. The summed E-state index contributed by atoms with van der Waals surface area (Å²) in [5, 5.41) is 4.84. The molecule has 0 spiro atoms. The summed E-state index contributed by atoms with van der Waals surface area (Å²) in [6.45, 7) is 4.95. The smallest absolute Gasteiger partial charge is 0.270 e. The van der Waals surface area contributed by atoms with Crippen molar-refractivity contribution in [2.24, 2.45) is 11.3 Å². The van der Waals surface area contributed by atoms with Gasteiger partial charge in [-0.25, -0.2) is 4.98 Å². The highest BCUT2D eigenvalue weighted by Crippen LogP contribution is 2.41. The van der Waals surface area contributed by atoms with Crippen LogP contribution in [0.15, 0.2) is 35.4 Å². The zero-order valence-corrected chi connectivity index (χ0v) is 14.2. The fraction of sp³-hybridized carbons (Fsp3) is 0.471. The van der Waals surface area contributed by atoms with E-state index < -0.39 is 0 Å². The molecule has 2 saturated heterocycles. The molecule has 0 saturated carbocycles. The molecular formula is C17H20N4O2S. The number of hydrogen-bond acceptors (Lipinski definition) is 6. The summed E-state index contributed by atoms with van der Waals surface area (Å²) in [5.74, 6) is 0.367. The Labute approximate surface area is 144 Å². The number of carbonyl (C=O) groups excluding carboxylic acids is 1. The Morgan fingerprint density at radius 3 is 3.29 bits per heavy atom. The Hall–Kier alpha value is -1.83. The van der Waals surface area contributed by atoms with Crippen LogP contribution in [0.2, 0.25) is 0 Å². The van der Waals surface area contributed by atoms with Crippen LogP contribution in [0.1, 0.15) is 16.1 Å². The van der Waals surface area contributed by atoms with Gasteiger partial charge in [-0.15, -0.1) is 11.3 Å². The summed E-state index contributed by atoms with van der Waals surface area (Å²) in [6, 6.07) is 4.08. The molecule has 24 heavy (non-hydrogen) atoms. The molecule has 4 heterocycles. The summed E-state index contributed by atoms with van der Waals surface area (Å²) in [6.07, 6.45) is 3.72. The topological polar surface area (TPSA) is 67.3 Å². The highest BCUT2D eigenvalue weighted by atomic mass is 32.1. The molecule has 0 unspecified atom stereocenters. The van der Waals surface area contributed by atoms with E-state index in [2.05, 4.69) is 26.3 Å². The molecular weight excluding hydrogens is 324 g/mol. The molecule has 2 aliphatic heterocycles. The number of nitrogens with zero attached hydrogens (tertiary/aromatic N) is 3. The van der Waals surface area contributed by atoms with Crippen molar-refractivity contribution in [3.05, 3.63) is 46.7 Å². The van der Waals surface area contributed by atoms with E-state index in [9.17, 15) is 4.79 Å². The Balaban J connectivity index is 1.40. The lowest BCUT2D eigenvalue weighted by Gasteiger charge is -2.27. The Morgan fingerprint density at radius 1 is 1.54 bits per heavy atom. The zero-order chi connectivity index (χ0) is 16.4. The predicted molar refractivity (Wildman–Crippen MR) is 90.7 cm³/mol. The zero-order valence-electron chi connectivity index (χ0n) is 13.4. The number of rotatable bonds is 5. The van der Waals surface area contributed by atoms with Crippen LogP contribution in [0.3, 0.4) is 0 Å². The lowest BCUT2D eigenvalue weighted by atomic mass is 9.81. The van der Waals surface area contributed by atoms with Gasteiger partial charge in [-0.3, -0.25) is 14.7 Å². The Bertz CT molecular complexity index is 694. The third-order valence-electron chi connectivity index (χ3n) is 4.99. The van der Waals surface area contributed by atoms with Crippen LogP contribution in [0.4, 0.5) is 0 Å². The quantitative estimate of drug-likeness (QED) is 0.888. The van der Waals surface area contributed by atoms with E-state index in [-0.39, 0.29) is 11.3 Å². The highest BCUT2D eigenvalue weighted by molar-refractivity contribution is 7.07. The molecule has 0 radical (unpaired) electrons. The molecule has 0 aliphatic carbocycles. The average Bonchev–Trinajstić information content (AvgIpc) is 3.29. The van der Waals surface area contributed by atoms with Gasteiger partial charge in [0.15, 0.2) is 0 Å². The Morgan fingerprint density at radius 2 is 2.50 bits per heavy atom. The number of nitrogens with one attached hydrogen (secondary N) is 1. The van der Waals surface area contributed by atoms with Gasteiger partial charge in [0.2, 0.25) is 0 Å². The van der Waals surface area contributed by atoms with E-state index in [1.54, 1.807) is 17.1 Å². The molecule has 7 heteroatoms. The molecule has 2 fully saturated rings. The van der Waals surface area contributed by atoms with Crippen molar-refractivity contribution in [1.29, 1.82) is 0 Å². The van der Waals surface area contributed by atoms with E-state index in [4.69, 9.17) is 4.74 Å². The fourth-order valence-corrected chi connectivity index (χ4v) is 4.27. The van der Waals surface area contributed by atoms with Crippen LogP contribution in [0, 0.1) is 11.3 Å². The number of thiazole rings is 1. The Kier molecular flexibility index (Phi) is 4.30. The van der Waals surface area contributed by atoms with Gasteiger partial charge in [-0.1, -0.05) is 6.07 Å². The van der Waals surface area contributed by atoms with Gasteiger partial charge >= 0.3 is 0 Å². The van der Waals surface area contributed by atoms with Crippen molar-refractivity contribution in [3.63, 3.8) is 0 Å². The summed E-state index contributed by atoms with van der Waals surface area (Å²) >= 11 is 1.43. The van der Waals surface area contributed by atoms with E-state index in [1.807, 2.05) is 12.3 Å². The largest absolute Gasteiger partial charge is 0.380 e. The molecule has 2 atom stereocenters. The van der Waals surface area contributed by atoms with Crippen LogP contribution in [0.5, 0.6) is 0 Å². The van der Waals surface area contributed by atoms with Crippen molar-refractivity contribution in [3.8, 4) is 0 Å². The monoisotopic (exact) mass is 344 g/mol. The molecule has 1 amide bonds. The number of hydrogen-bond donors (Lipinski definition) is 1. The number of ether oxygens (including phenoxy) is 1. The SMILES string of the molecule is O=C(NC[C@]12COC[C@H]1CN(Cc1cccnc1)C2)c1cscn1. The first-order valence-electron chi connectivity index (χ1n) is 8.11. The maximum absolute atomic E-state index is 12.2. The molecule has 2 aromatic rings. The van der Waals surface area contributed by atoms with Gasteiger partial charge in [0, 0.05) is 55.3 Å². The van der Waals surface area contributed by atoms with Crippen molar-refractivity contribution in [1.82, 2.24) is 20.2 Å². The van der Waals surface area contributed by atoms with Gasteiger partial charge < -0.3 is 10.1 Å². The number of carbonyl (C=O) groups is 1. The molecule has 0 bridgehead atoms. The van der Waals surface area contributed by atoms with Crippen molar-refractivity contribution >= 4 is 17.2 Å². The second kappa shape index (κ2) is 6.58. The summed E-state index contributed by atoms with van der Waals surface area (Å²) in [7, 11) is 0. The average molecular weight is 344 g/mol. The van der Waals surface area contributed by atoms with Crippen LogP contribution < -0.4 is 5.32 Å². The third-order valence-corrected chi connectivity index (χ3v) is 5.57. The minimum Gasteiger partial charge on any atom is -0.380 e. The van der Waals surface area contributed by atoms with Gasteiger partial charge in [0.25, 0.3) is 5.91 Å². The summed E-state index contributed by atoms with van der Waals surface area (Å²) in [5.41, 5.74) is 3.41. The third kappa shape index (κ3) is 3.07. The van der Waals surface area contributed by atoms with E-state index >= 15 is 0 Å². The number of fused-ring (bicyclic) bond motifs is 1. The van der Waals surface area contributed by atoms with Crippen LogP contribution in [0.25, 0.3) is 0 Å². The molecule has 6 nitrogen and oxygen atoms in total. The molecule has 2 aliphatic rings. The van der Waals surface area contributed by atoms with Gasteiger partial charge in [-0.05, 0) is 11.6 Å². The second-order valence-corrected chi connectivity index (χ2v) is 7.38.